The van der Waals surface area contributed by atoms with Gasteiger partial charge in [-0.3, -0.25) is 4.98 Å². The van der Waals surface area contributed by atoms with E-state index < -0.39 is 0 Å². The lowest BCUT2D eigenvalue weighted by atomic mass is 10.3. The van der Waals surface area contributed by atoms with Crippen molar-refractivity contribution >= 4 is 11.6 Å². The molecule has 2 aromatic heterocycles. The topological polar surface area (TPSA) is 47.9 Å². The Morgan fingerprint density at radius 2 is 1.94 bits per heavy atom. The Hall–Kier alpha value is -1.68. The largest absolute Gasteiger partial charge is 0.475 e. The van der Waals surface area contributed by atoms with Gasteiger partial charge < -0.3 is 4.74 Å². The number of halogens is 1. The highest BCUT2D eigenvalue weighted by atomic mass is 35.5. The SMILES string of the molecule is Cc1nc(Cl)c(OCCc2ccccn2)nc1C. The monoisotopic (exact) mass is 263 g/mol. The normalized spacial score (nSPS) is 10.4. The summed E-state index contributed by atoms with van der Waals surface area (Å²) in [5.41, 5.74) is 2.62. The molecule has 2 rings (SSSR count). The van der Waals surface area contributed by atoms with Gasteiger partial charge in [0.25, 0.3) is 5.88 Å². The van der Waals surface area contributed by atoms with Crippen molar-refractivity contribution < 1.29 is 4.74 Å². The predicted octanol–water partition coefficient (Wildman–Crippen LogP) is 2.76. The third-order valence-corrected chi connectivity index (χ3v) is 2.80. The average Bonchev–Trinajstić information content (AvgIpc) is 2.37. The first kappa shape index (κ1) is 12.8. The summed E-state index contributed by atoms with van der Waals surface area (Å²) in [6.45, 7) is 4.23. The van der Waals surface area contributed by atoms with E-state index in [0.717, 1.165) is 17.1 Å². The van der Waals surface area contributed by atoms with Crippen molar-refractivity contribution in [2.45, 2.75) is 20.3 Å². The summed E-state index contributed by atoms with van der Waals surface area (Å²) in [5.74, 6) is 0.385. The minimum atomic E-state index is 0.305. The third-order valence-electron chi connectivity index (χ3n) is 2.56. The van der Waals surface area contributed by atoms with E-state index in [1.165, 1.54) is 0 Å². The molecule has 18 heavy (non-hydrogen) atoms. The van der Waals surface area contributed by atoms with Gasteiger partial charge in [0.05, 0.1) is 18.0 Å². The van der Waals surface area contributed by atoms with E-state index in [0.29, 0.717) is 24.1 Å². The fourth-order valence-electron chi connectivity index (χ4n) is 1.45. The van der Waals surface area contributed by atoms with E-state index in [2.05, 4.69) is 15.0 Å². The zero-order valence-electron chi connectivity index (χ0n) is 10.4. The second kappa shape index (κ2) is 5.78. The van der Waals surface area contributed by atoms with Gasteiger partial charge >= 0.3 is 0 Å². The maximum atomic E-state index is 5.97. The van der Waals surface area contributed by atoms with E-state index in [1.807, 2.05) is 32.0 Å². The van der Waals surface area contributed by atoms with Gasteiger partial charge in [0.1, 0.15) is 0 Å². The van der Waals surface area contributed by atoms with Gasteiger partial charge in [0.15, 0.2) is 5.15 Å². The van der Waals surface area contributed by atoms with Crippen LogP contribution in [0, 0.1) is 13.8 Å². The molecule has 0 amide bonds. The molecule has 0 aromatic carbocycles. The van der Waals surface area contributed by atoms with Crippen molar-refractivity contribution in [1.82, 2.24) is 15.0 Å². The lowest BCUT2D eigenvalue weighted by Gasteiger charge is -2.08. The molecule has 4 nitrogen and oxygen atoms in total. The van der Waals surface area contributed by atoms with Gasteiger partial charge in [-0.05, 0) is 26.0 Å². The van der Waals surface area contributed by atoms with Gasteiger partial charge in [0.2, 0.25) is 0 Å². The molecule has 0 N–H and O–H groups in total. The van der Waals surface area contributed by atoms with Gasteiger partial charge in [-0.25, -0.2) is 9.97 Å². The first-order chi connectivity index (χ1) is 8.66. The summed E-state index contributed by atoms with van der Waals surface area (Å²) in [7, 11) is 0. The van der Waals surface area contributed by atoms with Crippen molar-refractivity contribution in [3.63, 3.8) is 0 Å². The first-order valence-electron chi connectivity index (χ1n) is 5.70. The molecule has 0 aliphatic heterocycles. The molecule has 2 aromatic rings. The lowest BCUT2D eigenvalue weighted by molar-refractivity contribution is 0.306. The van der Waals surface area contributed by atoms with Gasteiger partial charge in [-0.2, -0.15) is 0 Å². The number of hydrogen-bond acceptors (Lipinski definition) is 4. The van der Waals surface area contributed by atoms with Crippen molar-refractivity contribution in [3.05, 3.63) is 46.6 Å². The Morgan fingerprint density at radius 3 is 2.67 bits per heavy atom. The zero-order valence-corrected chi connectivity index (χ0v) is 11.1. The number of hydrogen-bond donors (Lipinski definition) is 0. The lowest BCUT2D eigenvalue weighted by Crippen LogP contribution is -2.06. The molecule has 0 saturated carbocycles. The third kappa shape index (κ3) is 3.17. The van der Waals surface area contributed by atoms with Gasteiger partial charge in [0, 0.05) is 18.3 Å². The van der Waals surface area contributed by atoms with E-state index in [1.54, 1.807) is 6.20 Å². The number of pyridine rings is 1. The van der Waals surface area contributed by atoms with Crippen LogP contribution in [0.2, 0.25) is 5.15 Å². The van der Waals surface area contributed by atoms with Crippen molar-refractivity contribution in [2.24, 2.45) is 0 Å². The Balaban J connectivity index is 1.97. The predicted molar refractivity (Wildman–Crippen MR) is 70.0 cm³/mol. The molecule has 0 radical (unpaired) electrons. The highest BCUT2D eigenvalue weighted by Crippen LogP contribution is 2.20. The van der Waals surface area contributed by atoms with E-state index in [-0.39, 0.29) is 0 Å². The first-order valence-corrected chi connectivity index (χ1v) is 6.08. The molecular weight excluding hydrogens is 250 g/mol. The van der Waals surface area contributed by atoms with Crippen LogP contribution in [0.1, 0.15) is 17.1 Å². The second-order valence-electron chi connectivity index (χ2n) is 3.91. The number of aryl methyl sites for hydroxylation is 2. The van der Waals surface area contributed by atoms with Crippen LogP contribution in [-0.4, -0.2) is 21.6 Å². The maximum absolute atomic E-state index is 5.97. The van der Waals surface area contributed by atoms with Crippen LogP contribution in [0.15, 0.2) is 24.4 Å². The van der Waals surface area contributed by atoms with Crippen LogP contribution in [-0.2, 0) is 6.42 Å². The number of rotatable bonds is 4. The summed E-state index contributed by atoms with van der Waals surface area (Å²) in [6, 6.07) is 5.79. The van der Waals surface area contributed by atoms with Crippen LogP contribution in [0.3, 0.4) is 0 Å². The summed E-state index contributed by atoms with van der Waals surface area (Å²) >= 11 is 5.97. The highest BCUT2D eigenvalue weighted by Gasteiger charge is 2.08. The minimum absolute atomic E-state index is 0.305. The van der Waals surface area contributed by atoms with Crippen LogP contribution < -0.4 is 4.74 Å². The van der Waals surface area contributed by atoms with Crippen molar-refractivity contribution in [2.75, 3.05) is 6.61 Å². The summed E-state index contributed by atoms with van der Waals surface area (Å²) < 4.78 is 5.53. The molecule has 0 bridgehead atoms. The molecule has 0 fully saturated rings. The Kier molecular flexibility index (Phi) is 4.10. The molecule has 0 aliphatic carbocycles. The number of ether oxygens (including phenoxy) is 1. The Labute approximate surface area is 111 Å². The van der Waals surface area contributed by atoms with Gasteiger partial charge in [-0.15, -0.1) is 0 Å². The van der Waals surface area contributed by atoms with Crippen LogP contribution >= 0.6 is 11.6 Å². The van der Waals surface area contributed by atoms with E-state index in [4.69, 9.17) is 16.3 Å². The second-order valence-corrected chi connectivity index (χ2v) is 4.27. The number of aromatic nitrogens is 3. The Morgan fingerprint density at radius 1 is 1.17 bits per heavy atom. The van der Waals surface area contributed by atoms with Crippen LogP contribution in [0.25, 0.3) is 0 Å². The van der Waals surface area contributed by atoms with Gasteiger partial charge in [-0.1, -0.05) is 17.7 Å². The summed E-state index contributed by atoms with van der Waals surface area (Å²) in [6.07, 6.45) is 2.48. The minimum Gasteiger partial charge on any atom is -0.475 e. The maximum Gasteiger partial charge on any atom is 0.252 e. The molecule has 0 aliphatic rings. The molecule has 0 atom stereocenters. The zero-order chi connectivity index (χ0) is 13.0. The number of nitrogens with zero attached hydrogens (tertiary/aromatic N) is 3. The average molecular weight is 264 g/mol. The molecular formula is C13H14ClN3O. The molecule has 0 unspecified atom stereocenters. The van der Waals surface area contributed by atoms with Crippen molar-refractivity contribution in [3.8, 4) is 5.88 Å². The quantitative estimate of drug-likeness (QED) is 0.851. The van der Waals surface area contributed by atoms with E-state index in [9.17, 15) is 0 Å². The smallest absolute Gasteiger partial charge is 0.252 e. The fourth-order valence-corrected chi connectivity index (χ4v) is 1.67. The molecule has 5 heteroatoms. The van der Waals surface area contributed by atoms with Crippen LogP contribution in [0.5, 0.6) is 5.88 Å². The summed E-state index contributed by atoms with van der Waals surface area (Å²) in [4.78, 5) is 12.6. The molecule has 0 spiro atoms. The molecule has 94 valence electrons. The van der Waals surface area contributed by atoms with Crippen molar-refractivity contribution in [1.29, 1.82) is 0 Å². The van der Waals surface area contributed by atoms with E-state index >= 15 is 0 Å². The standard InChI is InChI=1S/C13H14ClN3O/c1-9-10(2)17-13(12(14)16-9)18-8-6-11-5-3-4-7-15-11/h3-5,7H,6,8H2,1-2H3. The summed E-state index contributed by atoms with van der Waals surface area (Å²) in [5, 5.41) is 0.305. The Bertz CT molecular complexity index is 531. The highest BCUT2D eigenvalue weighted by molar-refractivity contribution is 6.30. The van der Waals surface area contributed by atoms with Crippen LogP contribution in [0.4, 0.5) is 0 Å². The fraction of sp³-hybridized carbons (Fsp3) is 0.308. The molecule has 0 saturated heterocycles. The molecule has 2 heterocycles.